The summed E-state index contributed by atoms with van der Waals surface area (Å²) in [5, 5.41) is 5.01. The molecule has 4 aromatic carbocycles. The molecule has 1 nitrogen and oxygen atoms in total. The van der Waals surface area contributed by atoms with Crippen LogP contribution in [0.4, 0.5) is 0 Å². The molecule has 1 aliphatic carbocycles. The summed E-state index contributed by atoms with van der Waals surface area (Å²) in [6.45, 7) is 4.57. The first-order valence-corrected chi connectivity index (χ1v) is 11.4. The van der Waals surface area contributed by atoms with Gasteiger partial charge in [-0.2, -0.15) is 0 Å². The topological polar surface area (TPSA) is 9.23 Å². The van der Waals surface area contributed by atoms with Gasteiger partial charge in [0.2, 0.25) is 0 Å². The van der Waals surface area contributed by atoms with E-state index >= 15 is 0 Å². The molecule has 1 heterocycles. The molecule has 0 N–H and O–H groups in total. The van der Waals surface area contributed by atoms with E-state index in [1.807, 2.05) is 0 Å². The van der Waals surface area contributed by atoms with Crippen molar-refractivity contribution >= 4 is 38.6 Å². The monoisotopic (exact) mass is 420 g/mol. The predicted octanol–water partition coefficient (Wildman–Crippen LogP) is 7.96. The second kappa shape index (κ2) is 6.77. The minimum absolute atomic E-state index is 0.0954. The van der Waals surface area contributed by atoms with E-state index in [1.165, 1.54) is 38.2 Å². The molecule has 152 valence electrons. The van der Waals surface area contributed by atoms with E-state index in [9.17, 15) is 0 Å². The summed E-state index contributed by atoms with van der Waals surface area (Å²) >= 11 is 6.04. The number of allylic oxidation sites excluding steroid dienone is 2. The molecular weight excluding hydrogens is 396 g/mol. The molecule has 2 aliphatic rings. The van der Waals surface area contributed by atoms with Crippen molar-refractivity contribution in [3.63, 3.8) is 0 Å². The van der Waals surface area contributed by atoms with Crippen LogP contribution in [0.2, 0.25) is 0 Å². The molecule has 6 rings (SSSR count). The highest BCUT2D eigenvalue weighted by atomic mass is 32.1. The molecule has 31 heavy (non-hydrogen) atoms. The first-order chi connectivity index (χ1) is 15.0. The van der Waals surface area contributed by atoms with Crippen molar-refractivity contribution in [3.8, 4) is 5.75 Å². The van der Waals surface area contributed by atoms with Gasteiger partial charge >= 0.3 is 0 Å². The summed E-state index contributed by atoms with van der Waals surface area (Å²) < 4.78 is 6.58. The molecule has 4 aromatic rings. The third-order valence-electron chi connectivity index (χ3n) is 6.73. The lowest BCUT2D eigenvalue weighted by molar-refractivity contribution is 0.281. The molecule has 0 fully saturated rings. The summed E-state index contributed by atoms with van der Waals surface area (Å²) in [7, 11) is 0. The molecule has 0 radical (unpaired) electrons. The zero-order chi connectivity index (χ0) is 21.2. The van der Waals surface area contributed by atoms with Crippen LogP contribution in [0.3, 0.4) is 0 Å². The average molecular weight is 421 g/mol. The van der Waals surface area contributed by atoms with Gasteiger partial charge in [-0.25, -0.2) is 0 Å². The second-order valence-corrected chi connectivity index (χ2v) is 10.1. The van der Waals surface area contributed by atoms with E-state index in [-0.39, 0.29) is 11.3 Å². The Labute approximate surface area is 188 Å². The summed E-state index contributed by atoms with van der Waals surface area (Å²) in [6, 6.07) is 28.3. The molecule has 0 saturated heterocycles. The smallest absolute Gasteiger partial charge is 0.131 e. The van der Waals surface area contributed by atoms with Gasteiger partial charge in [-0.05, 0) is 45.0 Å². The summed E-state index contributed by atoms with van der Waals surface area (Å²) in [6.07, 6.45) is 1.84. The lowest BCUT2D eigenvalue weighted by Gasteiger charge is -2.40. The normalized spacial score (nSPS) is 19.8. The molecule has 1 atom stereocenters. The van der Waals surface area contributed by atoms with Crippen molar-refractivity contribution in [1.29, 1.82) is 0 Å². The van der Waals surface area contributed by atoms with Gasteiger partial charge in [0.1, 0.15) is 11.5 Å². The van der Waals surface area contributed by atoms with Gasteiger partial charge in [-0.1, -0.05) is 98.9 Å². The standard InChI is InChI=1S/C29H24OS/c1-29(2)16-24-28(25(31)17-29)26(21-12-11-18-7-3-4-9-20(18)15-21)27-22-10-6-5-8-19(22)13-14-23(27)30-24/h3-15,26H,16-17H2,1-2H3. The van der Waals surface area contributed by atoms with Crippen LogP contribution in [0.15, 0.2) is 90.2 Å². The highest BCUT2D eigenvalue weighted by Gasteiger charge is 2.40. The van der Waals surface area contributed by atoms with Gasteiger partial charge in [0.25, 0.3) is 0 Å². The van der Waals surface area contributed by atoms with Crippen molar-refractivity contribution in [2.45, 2.75) is 32.6 Å². The van der Waals surface area contributed by atoms with Crippen LogP contribution in [0.1, 0.15) is 43.7 Å². The molecule has 0 spiro atoms. The minimum Gasteiger partial charge on any atom is -0.461 e. The fourth-order valence-corrected chi connectivity index (χ4v) is 5.97. The summed E-state index contributed by atoms with van der Waals surface area (Å²) in [5.74, 6) is 2.12. The first-order valence-electron chi connectivity index (χ1n) is 10.9. The average Bonchev–Trinajstić information content (AvgIpc) is 2.76. The van der Waals surface area contributed by atoms with Crippen LogP contribution in [0, 0.1) is 5.41 Å². The maximum absolute atomic E-state index is 6.58. The SMILES string of the molecule is CC1(C)CC(=S)C2=C(C1)Oc1ccc3ccccc3c1C2c1ccc2ccccc2c1. The molecule has 1 aliphatic heterocycles. The van der Waals surface area contributed by atoms with Gasteiger partial charge in [-0.3, -0.25) is 0 Å². The molecule has 0 saturated carbocycles. The third-order valence-corrected chi connectivity index (χ3v) is 7.09. The van der Waals surface area contributed by atoms with Gasteiger partial charge in [0.05, 0.1) is 0 Å². The van der Waals surface area contributed by atoms with Crippen molar-refractivity contribution in [3.05, 3.63) is 101 Å². The third kappa shape index (κ3) is 3.01. The van der Waals surface area contributed by atoms with Crippen LogP contribution in [-0.4, -0.2) is 4.86 Å². The fraction of sp³-hybridized carbons (Fsp3) is 0.207. The van der Waals surface area contributed by atoms with E-state index < -0.39 is 0 Å². The van der Waals surface area contributed by atoms with Gasteiger partial charge in [-0.15, -0.1) is 0 Å². The first kappa shape index (κ1) is 18.8. The molecule has 0 bridgehead atoms. The van der Waals surface area contributed by atoms with Crippen LogP contribution in [0.25, 0.3) is 21.5 Å². The lowest BCUT2D eigenvalue weighted by Crippen LogP contribution is -2.32. The van der Waals surface area contributed by atoms with Gasteiger partial charge < -0.3 is 4.74 Å². The Hall–Kier alpha value is -2.97. The number of ether oxygens (including phenoxy) is 1. The maximum Gasteiger partial charge on any atom is 0.131 e. The fourth-order valence-electron chi connectivity index (χ4n) is 5.35. The molecular formula is C29H24OS. The number of hydrogen-bond donors (Lipinski definition) is 0. The van der Waals surface area contributed by atoms with Crippen LogP contribution >= 0.6 is 12.2 Å². The minimum atomic E-state index is 0.0954. The van der Waals surface area contributed by atoms with E-state index in [0.717, 1.165) is 29.2 Å². The zero-order valence-corrected chi connectivity index (χ0v) is 18.6. The van der Waals surface area contributed by atoms with E-state index in [0.29, 0.717) is 0 Å². The van der Waals surface area contributed by atoms with E-state index in [2.05, 4.69) is 92.7 Å². The van der Waals surface area contributed by atoms with E-state index in [1.54, 1.807) is 0 Å². The summed E-state index contributed by atoms with van der Waals surface area (Å²) in [5.41, 5.74) is 3.87. The Morgan fingerprint density at radius 1 is 0.806 bits per heavy atom. The molecule has 1 unspecified atom stereocenters. The van der Waals surface area contributed by atoms with Crippen molar-refractivity contribution < 1.29 is 4.74 Å². The highest BCUT2D eigenvalue weighted by Crippen LogP contribution is 2.52. The maximum atomic E-state index is 6.58. The van der Waals surface area contributed by atoms with Gasteiger partial charge in [0.15, 0.2) is 0 Å². The number of rotatable bonds is 1. The zero-order valence-electron chi connectivity index (χ0n) is 17.8. The quantitative estimate of drug-likeness (QED) is 0.289. The van der Waals surface area contributed by atoms with Crippen molar-refractivity contribution in [2.75, 3.05) is 0 Å². The predicted molar refractivity (Wildman–Crippen MR) is 133 cm³/mol. The number of hydrogen-bond acceptors (Lipinski definition) is 2. The number of benzene rings is 4. The second-order valence-electron chi connectivity index (χ2n) is 9.62. The van der Waals surface area contributed by atoms with Crippen LogP contribution in [0.5, 0.6) is 5.75 Å². The number of thiocarbonyl (C=S) groups is 1. The number of fused-ring (bicyclic) bond motifs is 4. The van der Waals surface area contributed by atoms with Crippen molar-refractivity contribution in [1.82, 2.24) is 0 Å². The molecule has 2 heteroatoms. The van der Waals surface area contributed by atoms with E-state index in [4.69, 9.17) is 17.0 Å². The lowest BCUT2D eigenvalue weighted by atomic mass is 9.70. The van der Waals surface area contributed by atoms with Gasteiger partial charge in [0, 0.05) is 28.3 Å². The molecule has 0 aromatic heterocycles. The van der Waals surface area contributed by atoms with Crippen LogP contribution < -0.4 is 4.74 Å². The highest BCUT2D eigenvalue weighted by molar-refractivity contribution is 7.80. The Kier molecular flexibility index (Phi) is 4.10. The Bertz CT molecular complexity index is 1410. The summed E-state index contributed by atoms with van der Waals surface area (Å²) in [4.78, 5) is 1.04. The van der Waals surface area contributed by atoms with Crippen LogP contribution in [-0.2, 0) is 0 Å². The van der Waals surface area contributed by atoms with Crippen molar-refractivity contribution in [2.24, 2.45) is 5.41 Å². The Morgan fingerprint density at radius 2 is 1.52 bits per heavy atom. The Morgan fingerprint density at radius 3 is 2.35 bits per heavy atom. The molecule has 0 amide bonds. The largest absolute Gasteiger partial charge is 0.461 e. The Balaban J connectivity index is 1.66.